The number of thioether (sulfide) groups is 1. The van der Waals surface area contributed by atoms with Crippen LogP contribution in [0.3, 0.4) is 0 Å². The quantitative estimate of drug-likeness (QED) is 0.613. The van der Waals surface area contributed by atoms with E-state index >= 15 is 0 Å². The van der Waals surface area contributed by atoms with E-state index in [1.807, 2.05) is 19.1 Å². The van der Waals surface area contributed by atoms with Gasteiger partial charge in [0.2, 0.25) is 0 Å². The molecule has 2 atom stereocenters. The Labute approximate surface area is 105 Å². The molecule has 0 amide bonds. The largest absolute Gasteiger partial charge is 0.343 e. The summed E-state index contributed by atoms with van der Waals surface area (Å²) in [6, 6.07) is 8.24. The van der Waals surface area contributed by atoms with Crippen LogP contribution in [0.25, 0.3) is 0 Å². The van der Waals surface area contributed by atoms with Crippen molar-refractivity contribution in [1.29, 1.82) is 0 Å². The molecule has 0 spiro atoms. The highest BCUT2D eigenvalue weighted by atomic mass is 35.5. The van der Waals surface area contributed by atoms with Crippen LogP contribution in [0.1, 0.15) is 12.5 Å². The van der Waals surface area contributed by atoms with Crippen molar-refractivity contribution in [3.63, 3.8) is 0 Å². The van der Waals surface area contributed by atoms with Gasteiger partial charge in [-0.05, 0) is 25.3 Å². The van der Waals surface area contributed by atoms with Gasteiger partial charge in [-0.25, -0.2) is 0 Å². The van der Waals surface area contributed by atoms with Gasteiger partial charge >= 0.3 is 0 Å². The fourth-order valence-corrected chi connectivity index (χ4v) is 2.32. The van der Waals surface area contributed by atoms with E-state index in [2.05, 4.69) is 18.4 Å². The smallest absolute Gasteiger partial charge is 0.192 e. The monoisotopic (exact) mass is 258 g/mol. The summed E-state index contributed by atoms with van der Waals surface area (Å²) in [5, 5.41) is 0. The predicted octanol–water partition coefficient (Wildman–Crippen LogP) is 3.24. The van der Waals surface area contributed by atoms with Crippen LogP contribution in [0.5, 0.6) is 0 Å². The molecule has 1 aromatic rings. The van der Waals surface area contributed by atoms with Crippen molar-refractivity contribution in [3.8, 4) is 0 Å². The summed E-state index contributed by atoms with van der Waals surface area (Å²) in [6.07, 6.45) is 2.05. The molecule has 1 fully saturated rings. The molecule has 2 unspecified atom stereocenters. The number of ether oxygens (including phenoxy) is 2. The zero-order valence-corrected chi connectivity index (χ0v) is 11.0. The third-order valence-electron chi connectivity index (χ3n) is 2.72. The third kappa shape index (κ3) is 2.38. The zero-order valence-electron chi connectivity index (χ0n) is 9.40. The average molecular weight is 259 g/mol. The molecule has 4 heteroatoms. The lowest BCUT2D eigenvalue weighted by Gasteiger charge is -2.23. The van der Waals surface area contributed by atoms with Crippen LogP contribution in [0.4, 0.5) is 0 Å². The number of benzene rings is 1. The summed E-state index contributed by atoms with van der Waals surface area (Å²) in [5.41, 5.74) is 1.04. The van der Waals surface area contributed by atoms with E-state index in [9.17, 15) is 0 Å². The molecule has 0 radical (unpaired) electrons. The van der Waals surface area contributed by atoms with Crippen molar-refractivity contribution >= 4 is 23.4 Å². The van der Waals surface area contributed by atoms with Crippen LogP contribution >= 0.6 is 23.4 Å². The second kappa shape index (κ2) is 4.96. The topological polar surface area (TPSA) is 18.5 Å². The van der Waals surface area contributed by atoms with Gasteiger partial charge in [-0.2, -0.15) is 0 Å². The van der Waals surface area contributed by atoms with Crippen molar-refractivity contribution in [2.45, 2.75) is 23.7 Å². The number of halogens is 1. The van der Waals surface area contributed by atoms with E-state index in [0.717, 1.165) is 5.56 Å². The summed E-state index contributed by atoms with van der Waals surface area (Å²) in [7, 11) is 0. The van der Waals surface area contributed by atoms with Gasteiger partial charge in [-0.1, -0.05) is 12.1 Å². The summed E-state index contributed by atoms with van der Waals surface area (Å²) < 4.78 is 11.5. The Kier molecular flexibility index (Phi) is 3.80. The van der Waals surface area contributed by atoms with E-state index in [4.69, 9.17) is 21.1 Å². The van der Waals surface area contributed by atoms with Crippen molar-refractivity contribution < 1.29 is 9.47 Å². The van der Waals surface area contributed by atoms with E-state index in [1.165, 1.54) is 4.90 Å². The fraction of sp³-hybridized carbons (Fsp3) is 0.500. The maximum absolute atomic E-state index is 5.80. The summed E-state index contributed by atoms with van der Waals surface area (Å²) in [6.45, 7) is 2.50. The Hall–Kier alpha value is -0.220. The van der Waals surface area contributed by atoms with Gasteiger partial charge in [-0.15, -0.1) is 23.4 Å². The van der Waals surface area contributed by atoms with Gasteiger partial charge in [0, 0.05) is 10.5 Å². The third-order valence-corrected chi connectivity index (χ3v) is 3.81. The summed E-state index contributed by atoms with van der Waals surface area (Å²) in [4.78, 5) is 1.24. The molecule has 0 N–H and O–H groups in total. The Morgan fingerprint density at radius 3 is 2.62 bits per heavy atom. The highest BCUT2D eigenvalue weighted by Crippen LogP contribution is 2.34. The van der Waals surface area contributed by atoms with Crippen molar-refractivity contribution in [1.82, 2.24) is 0 Å². The highest BCUT2D eigenvalue weighted by Gasteiger charge is 2.38. The first-order valence-electron chi connectivity index (χ1n) is 5.20. The molecule has 0 aliphatic carbocycles. The maximum atomic E-state index is 5.80. The molecule has 0 bridgehead atoms. The lowest BCUT2D eigenvalue weighted by molar-refractivity contribution is -0.159. The molecule has 1 aliphatic heterocycles. The minimum atomic E-state index is -0.642. The van der Waals surface area contributed by atoms with Gasteiger partial charge in [0.15, 0.2) is 5.79 Å². The first kappa shape index (κ1) is 12.2. The van der Waals surface area contributed by atoms with Crippen LogP contribution in [0.15, 0.2) is 29.2 Å². The zero-order chi connectivity index (χ0) is 11.6. The number of hydrogen-bond acceptors (Lipinski definition) is 3. The Morgan fingerprint density at radius 1 is 1.44 bits per heavy atom. The van der Waals surface area contributed by atoms with Crippen LogP contribution in [0, 0.1) is 0 Å². The van der Waals surface area contributed by atoms with Crippen LogP contribution in [0.2, 0.25) is 0 Å². The van der Waals surface area contributed by atoms with E-state index < -0.39 is 5.79 Å². The Balaban J connectivity index is 2.17. The molecular formula is C12H15ClO2S. The molecule has 2 rings (SSSR count). The molecule has 1 heterocycles. The first-order chi connectivity index (χ1) is 7.68. The van der Waals surface area contributed by atoms with Crippen LogP contribution < -0.4 is 0 Å². The predicted molar refractivity (Wildman–Crippen MR) is 67.1 cm³/mol. The lowest BCUT2D eigenvalue weighted by atomic mass is 10.1. The molecule has 88 valence electrons. The standard InChI is InChI=1S/C12H15ClO2S/c1-12(14-8-10(7-13)15-12)9-3-5-11(16-2)6-4-9/h3-6,10H,7-8H2,1-2H3. The highest BCUT2D eigenvalue weighted by molar-refractivity contribution is 7.98. The van der Waals surface area contributed by atoms with Crippen molar-refractivity contribution in [2.24, 2.45) is 0 Å². The number of alkyl halides is 1. The van der Waals surface area contributed by atoms with Crippen LogP contribution in [-0.4, -0.2) is 24.8 Å². The molecule has 1 aromatic carbocycles. The SMILES string of the molecule is CSc1ccc(C2(C)OCC(CCl)O2)cc1. The van der Waals surface area contributed by atoms with Gasteiger partial charge in [0.1, 0.15) is 0 Å². The van der Waals surface area contributed by atoms with Gasteiger partial charge < -0.3 is 9.47 Å². The van der Waals surface area contributed by atoms with E-state index in [-0.39, 0.29) is 6.10 Å². The summed E-state index contributed by atoms with van der Waals surface area (Å²) >= 11 is 7.48. The Bertz CT molecular complexity index is 355. The van der Waals surface area contributed by atoms with Crippen molar-refractivity contribution in [2.75, 3.05) is 18.7 Å². The Morgan fingerprint density at radius 2 is 2.12 bits per heavy atom. The maximum Gasteiger partial charge on any atom is 0.192 e. The van der Waals surface area contributed by atoms with Crippen LogP contribution in [-0.2, 0) is 15.3 Å². The van der Waals surface area contributed by atoms with Crippen molar-refractivity contribution in [3.05, 3.63) is 29.8 Å². The number of hydrogen-bond donors (Lipinski definition) is 0. The molecule has 16 heavy (non-hydrogen) atoms. The second-order valence-electron chi connectivity index (χ2n) is 3.88. The molecule has 0 aromatic heterocycles. The molecular weight excluding hydrogens is 244 g/mol. The first-order valence-corrected chi connectivity index (χ1v) is 6.96. The minimum Gasteiger partial charge on any atom is -0.343 e. The van der Waals surface area contributed by atoms with Gasteiger partial charge in [0.25, 0.3) is 0 Å². The summed E-state index contributed by atoms with van der Waals surface area (Å²) in [5.74, 6) is -0.172. The van der Waals surface area contributed by atoms with Gasteiger partial charge in [0.05, 0.1) is 18.6 Å². The van der Waals surface area contributed by atoms with Gasteiger partial charge in [-0.3, -0.25) is 0 Å². The second-order valence-corrected chi connectivity index (χ2v) is 5.07. The molecule has 1 aliphatic rings. The van der Waals surface area contributed by atoms with E-state index in [0.29, 0.717) is 12.5 Å². The number of rotatable bonds is 3. The minimum absolute atomic E-state index is 0.00751. The average Bonchev–Trinajstić information content (AvgIpc) is 2.73. The fourth-order valence-electron chi connectivity index (χ4n) is 1.76. The molecule has 0 saturated carbocycles. The normalized spacial score (nSPS) is 29.6. The molecule has 1 saturated heterocycles. The molecule has 2 nitrogen and oxygen atoms in total. The van der Waals surface area contributed by atoms with E-state index in [1.54, 1.807) is 11.8 Å². The lowest BCUT2D eigenvalue weighted by Crippen LogP contribution is -2.24.